The minimum Gasteiger partial charge on any atom is -0.415 e. The summed E-state index contributed by atoms with van der Waals surface area (Å²) < 4.78 is 31.8. The van der Waals surface area contributed by atoms with Gasteiger partial charge < -0.3 is 9.32 Å². The van der Waals surface area contributed by atoms with E-state index in [0.29, 0.717) is 23.5 Å². The van der Waals surface area contributed by atoms with Crippen molar-refractivity contribution < 1.29 is 18.0 Å². The van der Waals surface area contributed by atoms with Crippen LogP contribution < -0.4 is 4.90 Å². The first-order valence-corrected chi connectivity index (χ1v) is 10.5. The van der Waals surface area contributed by atoms with Crippen LogP contribution in [0.2, 0.25) is 0 Å². The Morgan fingerprint density at radius 1 is 1.12 bits per heavy atom. The van der Waals surface area contributed by atoms with Crippen LogP contribution in [-0.2, 0) is 11.3 Å². The Bertz CT molecular complexity index is 1290. The molecule has 4 aromatic rings. The predicted molar refractivity (Wildman–Crippen MR) is 120 cm³/mol. The van der Waals surface area contributed by atoms with Crippen molar-refractivity contribution in [2.75, 3.05) is 11.9 Å². The number of halogens is 2. The molecule has 0 saturated carbocycles. The molecule has 0 bridgehead atoms. The first kappa shape index (κ1) is 23.1. The number of alkyl halides is 2. The zero-order chi connectivity index (χ0) is 24.5. The number of hydrogen-bond donors (Lipinski definition) is 0. The Morgan fingerprint density at radius 3 is 2.56 bits per heavy atom. The molecule has 3 heterocycles. The van der Waals surface area contributed by atoms with E-state index in [4.69, 9.17) is 4.42 Å². The molecule has 0 N–H and O–H groups in total. The number of nitrogens with zero attached hydrogens (tertiary/aromatic N) is 7. The second-order valence-electron chi connectivity index (χ2n) is 8.75. The number of carbonyl (C=O) groups excluding carboxylic acids is 1. The maximum atomic E-state index is 12.6. The zero-order valence-electron chi connectivity index (χ0n) is 19.1. The molecule has 0 fully saturated rings. The van der Waals surface area contributed by atoms with Gasteiger partial charge in [0.15, 0.2) is 0 Å². The minimum absolute atomic E-state index is 0.00813. The third-order valence-corrected chi connectivity index (χ3v) is 5.04. The van der Waals surface area contributed by atoms with Crippen molar-refractivity contribution in [2.45, 2.75) is 33.7 Å². The van der Waals surface area contributed by atoms with Gasteiger partial charge in [0.05, 0.1) is 24.0 Å². The highest BCUT2D eigenvalue weighted by Gasteiger charge is 2.26. The van der Waals surface area contributed by atoms with Gasteiger partial charge >= 0.3 is 6.43 Å². The molecule has 0 spiro atoms. The van der Waals surface area contributed by atoms with Gasteiger partial charge in [-0.05, 0) is 24.3 Å². The van der Waals surface area contributed by atoms with Crippen molar-refractivity contribution in [1.82, 2.24) is 30.2 Å². The number of rotatable bonds is 6. The third-order valence-electron chi connectivity index (χ3n) is 5.04. The van der Waals surface area contributed by atoms with Gasteiger partial charge in [-0.3, -0.25) is 9.78 Å². The van der Waals surface area contributed by atoms with E-state index in [1.165, 1.54) is 6.20 Å². The molecule has 11 heteroatoms. The first-order valence-electron chi connectivity index (χ1n) is 10.5. The molecule has 3 aromatic heterocycles. The van der Waals surface area contributed by atoms with Crippen LogP contribution in [0.25, 0.3) is 22.7 Å². The van der Waals surface area contributed by atoms with Crippen LogP contribution in [0.5, 0.6) is 0 Å². The fourth-order valence-corrected chi connectivity index (χ4v) is 3.25. The van der Waals surface area contributed by atoms with Gasteiger partial charge in [0.1, 0.15) is 5.69 Å². The Balaban J connectivity index is 1.47. The topological polar surface area (TPSA) is 103 Å². The lowest BCUT2D eigenvalue weighted by atomic mass is 9.94. The number of aromatic nitrogens is 6. The van der Waals surface area contributed by atoms with Crippen molar-refractivity contribution in [3.05, 3.63) is 60.4 Å². The van der Waals surface area contributed by atoms with Gasteiger partial charge in [0, 0.05) is 29.9 Å². The lowest BCUT2D eigenvalue weighted by Gasteiger charge is -2.26. The van der Waals surface area contributed by atoms with Gasteiger partial charge in [-0.15, -0.1) is 15.3 Å². The highest BCUT2D eigenvalue weighted by molar-refractivity contribution is 5.96. The molecule has 4 rings (SSSR count). The molecule has 34 heavy (non-hydrogen) atoms. The van der Waals surface area contributed by atoms with Crippen molar-refractivity contribution in [2.24, 2.45) is 5.41 Å². The summed E-state index contributed by atoms with van der Waals surface area (Å²) in [4.78, 5) is 18.6. The lowest BCUT2D eigenvalue weighted by Crippen LogP contribution is -2.36. The number of benzene rings is 1. The summed E-state index contributed by atoms with van der Waals surface area (Å²) >= 11 is 0. The average Bonchev–Trinajstić information content (AvgIpc) is 3.48. The highest BCUT2D eigenvalue weighted by atomic mass is 19.3. The fourth-order valence-electron chi connectivity index (χ4n) is 3.25. The molecule has 1 aromatic carbocycles. The molecule has 0 aliphatic carbocycles. The van der Waals surface area contributed by atoms with E-state index in [1.54, 1.807) is 35.0 Å². The van der Waals surface area contributed by atoms with Crippen LogP contribution >= 0.6 is 0 Å². The van der Waals surface area contributed by atoms with E-state index in [9.17, 15) is 13.6 Å². The SMILES string of the molecule is CN(C(=O)C(C)(C)C)c1cccc(-c2cn(Cc3ccc(-c4nnc(C(F)F)o4)cn3)nn2)c1. The summed E-state index contributed by atoms with van der Waals surface area (Å²) in [6, 6.07) is 10.9. The molecule has 1 amide bonds. The summed E-state index contributed by atoms with van der Waals surface area (Å²) in [5.74, 6) is -0.742. The van der Waals surface area contributed by atoms with Crippen LogP contribution in [0.1, 0.15) is 38.8 Å². The smallest absolute Gasteiger partial charge is 0.314 e. The minimum atomic E-state index is -2.82. The van der Waals surface area contributed by atoms with Crippen molar-refractivity contribution in [3.63, 3.8) is 0 Å². The van der Waals surface area contributed by atoms with Crippen LogP contribution in [0.15, 0.2) is 53.2 Å². The van der Waals surface area contributed by atoms with Crippen LogP contribution in [0.3, 0.4) is 0 Å². The molecule has 176 valence electrons. The van der Waals surface area contributed by atoms with E-state index in [2.05, 4.69) is 25.5 Å². The molecule has 9 nitrogen and oxygen atoms in total. The highest BCUT2D eigenvalue weighted by Crippen LogP contribution is 2.26. The Labute approximate surface area is 194 Å². The number of pyridine rings is 1. The third kappa shape index (κ3) is 4.98. The van der Waals surface area contributed by atoms with E-state index in [-0.39, 0.29) is 11.8 Å². The monoisotopic (exact) mass is 467 g/mol. The molecular formula is C23H23F2N7O2. The molecule has 0 unspecified atom stereocenters. The standard InChI is InChI=1S/C23H23F2N7O2/c1-23(2,3)22(33)31(4)17-7-5-6-14(10-17)18-13-32(30-27-18)12-16-9-8-15(11-26-16)20-28-29-21(34-20)19(24)25/h5-11,13,19H,12H2,1-4H3. The Hall–Kier alpha value is -4.02. The van der Waals surface area contributed by atoms with Gasteiger partial charge in [0.2, 0.25) is 11.8 Å². The van der Waals surface area contributed by atoms with Crippen molar-refractivity contribution in [1.29, 1.82) is 0 Å². The van der Waals surface area contributed by atoms with Gasteiger partial charge in [-0.25, -0.2) is 4.68 Å². The number of hydrogen-bond acceptors (Lipinski definition) is 7. The van der Waals surface area contributed by atoms with Crippen LogP contribution in [-0.4, -0.2) is 43.1 Å². The predicted octanol–water partition coefficient (Wildman–Crippen LogP) is 4.38. The zero-order valence-corrected chi connectivity index (χ0v) is 19.1. The van der Waals surface area contributed by atoms with Crippen molar-refractivity contribution in [3.8, 4) is 22.7 Å². The summed E-state index contributed by atoms with van der Waals surface area (Å²) in [5, 5.41) is 15.3. The van der Waals surface area contributed by atoms with E-state index < -0.39 is 17.7 Å². The van der Waals surface area contributed by atoms with Crippen LogP contribution in [0.4, 0.5) is 14.5 Å². The molecule has 0 aliphatic heterocycles. The summed E-state index contributed by atoms with van der Waals surface area (Å²) in [6.45, 7) is 5.99. The average molecular weight is 467 g/mol. The van der Waals surface area contributed by atoms with Crippen molar-refractivity contribution >= 4 is 11.6 Å². The number of carbonyl (C=O) groups is 1. The molecular weight excluding hydrogens is 444 g/mol. The Kier molecular flexibility index (Phi) is 6.18. The molecule has 0 aliphatic rings. The van der Waals surface area contributed by atoms with E-state index >= 15 is 0 Å². The largest absolute Gasteiger partial charge is 0.415 e. The molecule has 0 atom stereocenters. The quantitative estimate of drug-likeness (QED) is 0.414. The first-order chi connectivity index (χ1) is 16.1. The summed E-state index contributed by atoms with van der Waals surface area (Å²) in [6.07, 6.45) is 0.435. The second kappa shape index (κ2) is 9.08. The van der Waals surface area contributed by atoms with Gasteiger partial charge in [0.25, 0.3) is 5.89 Å². The van der Waals surface area contributed by atoms with Gasteiger partial charge in [-0.2, -0.15) is 8.78 Å². The number of anilines is 1. The summed E-state index contributed by atoms with van der Waals surface area (Å²) in [7, 11) is 1.75. The van der Waals surface area contributed by atoms with Gasteiger partial charge in [-0.1, -0.05) is 38.1 Å². The maximum Gasteiger partial charge on any atom is 0.314 e. The second-order valence-corrected chi connectivity index (χ2v) is 8.75. The van der Waals surface area contributed by atoms with E-state index in [0.717, 1.165) is 11.3 Å². The number of amides is 1. The lowest BCUT2D eigenvalue weighted by molar-refractivity contribution is -0.125. The summed E-state index contributed by atoms with van der Waals surface area (Å²) in [5.41, 5.74) is 2.87. The normalized spacial score (nSPS) is 11.7. The molecule has 0 radical (unpaired) electrons. The Morgan fingerprint density at radius 2 is 1.91 bits per heavy atom. The molecule has 0 saturated heterocycles. The van der Waals surface area contributed by atoms with E-state index in [1.807, 2.05) is 45.0 Å². The van der Waals surface area contributed by atoms with Crippen LogP contribution in [0, 0.1) is 5.41 Å². The maximum absolute atomic E-state index is 12.6. The fraction of sp³-hybridized carbons (Fsp3) is 0.304.